The van der Waals surface area contributed by atoms with Crippen LogP contribution in [0.5, 0.6) is 0 Å². The number of anilines is 1. The Morgan fingerprint density at radius 3 is 2.54 bits per heavy atom. The summed E-state index contributed by atoms with van der Waals surface area (Å²) in [6.45, 7) is 2.57. The number of carbonyl (C=O) groups excluding carboxylic acids is 1. The topological polar surface area (TPSA) is 59.8 Å². The van der Waals surface area contributed by atoms with E-state index < -0.39 is 29.0 Å². The van der Waals surface area contributed by atoms with Crippen molar-refractivity contribution in [3.63, 3.8) is 0 Å². The van der Waals surface area contributed by atoms with Crippen molar-refractivity contribution >= 4 is 23.4 Å². The van der Waals surface area contributed by atoms with Gasteiger partial charge in [-0.15, -0.1) is 10.2 Å². The van der Waals surface area contributed by atoms with Crippen molar-refractivity contribution in [3.8, 4) is 0 Å². The fraction of sp³-hybridized carbons (Fsp3) is 0.211. The van der Waals surface area contributed by atoms with Crippen LogP contribution in [0.1, 0.15) is 18.3 Å². The van der Waals surface area contributed by atoms with Crippen LogP contribution in [-0.2, 0) is 17.8 Å². The van der Waals surface area contributed by atoms with E-state index in [1.165, 1.54) is 0 Å². The predicted octanol–water partition coefficient (Wildman–Crippen LogP) is 4.04. The first-order valence-electron chi connectivity index (χ1n) is 8.51. The minimum atomic E-state index is -1.62. The molecule has 3 aromatic rings. The van der Waals surface area contributed by atoms with Gasteiger partial charge in [0.1, 0.15) is 5.82 Å². The Kier molecular flexibility index (Phi) is 6.35. The maximum absolute atomic E-state index is 13.7. The van der Waals surface area contributed by atoms with Crippen molar-refractivity contribution in [1.82, 2.24) is 14.8 Å². The summed E-state index contributed by atoms with van der Waals surface area (Å²) < 4.78 is 41.7. The molecule has 1 N–H and O–H groups in total. The van der Waals surface area contributed by atoms with E-state index in [0.29, 0.717) is 18.1 Å². The van der Waals surface area contributed by atoms with E-state index in [2.05, 4.69) is 15.5 Å². The molecule has 0 aliphatic carbocycles. The first kappa shape index (κ1) is 19.9. The van der Waals surface area contributed by atoms with Crippen LogP contribution in [0.3, 0.4) is 0 Å². The monoisotopic (exact) mass is 406 g/mol. The Bertz CT molecular complexity index is 979. The van der Waals surface area contributed by atoms with Crippen LogP contribution < -0.4 is 5.32 Å². The number of amides is 1. The number of benzene rings is 2. The summed E-state index contributed by atoms with van der Waals surface area (Å²) in [6, 6.07) is 11.5. The van der Waals surface area contributed by atoms with Crippen LogP contribution in [0.4, 0.5) is 18.9 Å². The van der Waals surface area contributed by atoms with Crippen molar-refractivity contribution in [2.75, 3.05) is 11.1 Å². The number of hydrogen-bond donors (Lipinski definition) is 1. The first-order chi connectivity index (χ1) is 13.5. The molecule has 0 bridgehead atoms. The summed E-state index contributed by atoms with van der Waals surface area (Å²) in [6.07, 6.45) is 0.606. The van der Waals surface area contributed by atoms with E-state index in [4.69, 9.17) is 0 Å². The molecule has 1 aromatic heterocycles. The predicted molar refractivity (Wildman–Crippen MR) is 101 cm³/mol. The standard InChI is InChI=1S/C19H17F3N4OS/c1-2-26-15(10-12-6-4-3-5-7-12)24-25-19(26)28-11-16(27)23-14-9-8-13(20)17(21)18(14)22/h3-9H,2,10-11H2,1H3,(H,23,27). The van der Waals surface area contributed by atoms with Crippen LogP contribution in [0.15, 0.2) is 47.6 Å². The van der Waals surface area contributed by atoms with Crippen LogP contribution in [0.2, 0.25) is 0 Å². The van der Waals surface area contributed by atoms with E-state index in [0.717, 1.165) is 35.3 Å². The molecule has 5 nitrogen and oxygen atoms in total. The number of hydrogen-bond acceptors (Lipinski definition) is 4. The van der Waals surface area contributed by atoms with Crippen LogP contribution in [0.25, 0.3) is 0 Å². The minimum absolute atomic E-state index is 0.0814. The van der Waals surface area contributed by atoms with Gasteiger partial charge in [0.2, 0.25) is 5.91 Å². The molecule has 0 atom stereocenters. The lowest BCUT2D eigenvalue weighted by Gasteiger charge is -2.09. The van der Waals surface area contributed by atoms with Gasteiger partial charge >= 0.3 is 0 Å². The third-order valence-electron chi connectivity index (χ3n) is 3.96. The van der Waals surface area contributed by atoms with Gasteiger partial charge in [-0.2, -0.15) is 0 Å². The molecule has 1 heterocycles. The lowest BCUT2D eigenvalue weighted by molar-refractivity contribution is -0.113. The van der Waals surface area contributed by atoms with Crippen molar-refractivity contribution < 1.29 is 18.0 Å². The molecular formula is C19H17F3N4OS. The smallest absolute Gasteiger partial charge is 0.234 e. The third-order valence-corrected chi connectivity index (χ3v) is 4.92. The zero-order chi connectivity index (χ0) is 20.1. The van der Waals surface area contributed by atoms with Gasteiger partial charge < -0.3 is 9.88 Å². The molecule has 0 aliphatic rings. The average Bonchev–Trinajstić information content (AvgIpc) is 3.09. The third kappa shape index (κ3) is 4.53. The highest BCUT2D eigenvalue weighted by Gasteiger charge is 2.17. The van der Waals surface area contributed by atoms with E-state index >= 15 is 0 Å². The number of aromatic nitrogens is 3. The fourth-order valence-corrected chi connectivity index (χ4v) is 3.41. The minimum Gasteiger partial charge on any atom is -0.323 e. The van der Waals surface area contributed by atoms with Crippen LogP contribution >= 0.6 is 11.8 Å². The van der Waals surface area contributed by atoms with Crippen molar-refractivity contribution in [2.24, 2.45) is 0 Å². The second kappa shape index (κ2) is 8.92. The van der Waals surface area contributed by atoms with Crippen molar-refractivity contribution in [3.05, 3.63) is 71.3 Å². The summed E-state index contributed by atoms with van der Waals surface area (Å²) in [7, 11) is 0. The van der Waals surface area contributed by atoms with E-state index in [9.17, 15) is 18.0 Å². The number of nitrogens with one attached hydrogen (secondary N) is 1. The number of thioether (sulfide) groups is 1. The Hall–Kier alpha value is -2.81. The number of halogens is 3. The zero-order valence-electron chi connectivity index (χ0n) is 15.0. The largest absolute Gasteiger partial charge is 0.323 e. The Morgan fingerprint density at radius 2 is 1.82 bits per heavy atom. The molecule has 0 spiro atoms. The van der Waals surface area contributed by atoms with Gasteiger partial charge in [0.25, 0.3) is 0 Å². The first-order valence-corrected chi connectivity index (χ1v) is 9.50. The summed E-state index contributed by atoms with van der Waals surface area (Å²) in [5.41, 5.74) is 0.680. The highest BCUT2D eigenvalue weighted by atomic mass is 32.2. The number of carbonyl (C=O) groups is 1. The van der Waals surface area contributed by atoms with E-state index in [1.54, 1.807) is 0 Å². The average molecular weight is 406 g/mol. The second-order valence-electron chi connectivity index (χ2n) is 5.87. The Morgan fingerprint density at radius 1 is 1.07 bits per heavy atom. The molecule has 2 aromatic carbocycles. The highest BCUT2D eigenvalue weighted by Crippen LogP contribution is 2.22. The van der Waals surface area contributed by atoms with E-state index in [-0.39, 0.29) is 5.75 Å². The van der Waals surface area contributed by atoms with Gasteiger partial charge in [-0.05, 0) is 24.6 Å². The maximum atomic E-state index is 13.7. The van der Waals surface area contributed by atoms with Crippen molar-refractivity contribution in [2.45, 2.75) is 25.0 Å². The van der Waals surface area contributed by atoms with Crippen molar-refractivity contribution in [1.29, 1.82) is 0 Å². The molecule has 1 amide bonds. The van der Waals surface area contributed by atoms with Gasteiger partial charge in [0.15, 0.2) is 22.6 Å². The summed E-state index contributed by atoms with van der Waals surface area (Å²) >= 11 is 1.13. The SMILES string of the molecule is CCn1c(Cc2ccccc2)nnc1SCC(=O)Nc1ccc(F)c(F)c1F. The molecule has 3 rings (SSSR count). The maximum Gasteiger partial charge on any atom is 0.234 e. The molecule has 0 unspecified atom stereocenters. The molecule has 0 radical (unpaired) electrons. The number of nitrogens with zero attached hydrogens (tertiary/aromatic N) is 3. The number of rotatable bonds is 7. The molecule has 0 saturated heterocycles. The molecule has 0 fully saturated rings. The fourth-order valence-electron chi connectivity index (χ4n) is 2.59. The molecule has 28 heavy (non-hydrogen) atoms. The van der Waals surface area contributed by atoms with Crippen LogP contribution in [-0.4, -0.2) is 26.4 Å². The molecule has 0 aliphatic heterocycles. The molecule has 0 saturated carbocycles. The van der Waals surface area contributed by atoms with Gasteiger partial charge in [-0.25, -0.2) is 13.2 Å². The molecular weight excluding hydrogens is 389 g/mol. The normalized spacial score (nSPS) is 10.9. The molecule has 146 valence electrons. The lowest BCUT2D eigenvalue weighted by atomic mass is 10.1. The van der Waals surface area contributed by atoms with Gasteiger partial charge in [-0.3, -0.25) is 4.79 Å². The molecule has 9 heteroatoms. The van der Waals surface area contributed by atoms with Gasteiger partial charge in [-0.1, -0.05) is 42.1 Å². The van der Waals surface area contributed by atoms with Gasteiger partial charge in [0.05, 0.1) is 11.4 Å². The zero-order valence-corrected chi connectivity index (χ0v) is 15.8. The highest BCUT2D eigenvalue weighted by molar-refractivity contribution is 7.99. The summed E-state index contributed by atoms with van der Waals surface area (Å²) in [4.78, 5) is 12.1. The Labute approximate surface area is 164 Å². The van der Waals surface area contributed by atoms with E-state index in [1.807, 2.05) is 41.8 Å². The summed E-state index contributed by atoms with van der Waals surface area (Å²) in [5.74, 6) is -4.25. The van der Waals surface area contributed by atoms with Crippen LogP contribution in [0, 0.1) is 17.5 Å². The summed E-state index contributed by atoms with van der Waals surface area (Å²) in [5, 5.41) is 11.1. The second-order valence-corrected chi connectivity index (χ2v) is 6.81. The lowest BCUT2D eigenvalue weighted by Crippen LogP contribution is -2.16. The quantitative estimate of drug-likeness (QED) is 0.475. The van der Waals surface area contributed by atoms with Gasteiger partial charge in [0, 0.05) is 13.0 Å². The Balaban J connectivity index is 1.64.